The number of hydrogen-bond donors (Lipinski definition) is 1. The van der Waals surface area contributed by atoms with Gasteiger partial charge in [0.1, 0.15) is 5.75 Å². The zero-order chi connectivity index (χ0) is 18.2. The van der Waals surface area contributed by atoms with Crippen molar-refractivity contribution in [2.45, 2.75) is 24.3 Å². The molecule has 1 N–H and O–H groups in total. The predicted molar refractivity (Wildman–Crippen MR) is 112 cm³/mol. The van der Waals surface area contributed by atoms with Crippen LogP contribution in [-0.4, -0.2) is 30.6 Å². The number of rotatable bonds is 7. The number of carbonyl (C=O) groups is 1. The van der Waals surface area contributed by atoms with Crippen molar-refractivity contribution in [3.05, 3.63) is 65.2 Å². The van der Waals surface area contributed by atoms with E-state index in [0.29, 0.717) is 17.7 Å². The van der Waals surface area contributed by atoms with Gasteiger partial charge in [0, 0.05) is 12.1 Å². The second kappa shape index (κ2) is 9.93. The van der Waals surface area contributed by atoms with Gasteiger partial charge in [-0.05, 0) is 66.7 Å². The summed E-state index contributed by atoms with van der Waals surface area (Å²) in [5.74, 6) is 3.32. The molecule has 2 aromatic carbocycles. The van der Waals surface area contributed by atoms with E-state index in [0.717, 1.165) is 17.7 Å². The number of aryl methyl sites for hydroxylation is 1. The molecule has 3 rings (SSSR count). The van der Waals surface area contributed by atoms with Crippen molar-refractivity contribution in [1.29, 1.82) is 0 Å². The van der Waals surface area contributed by atoms with E-state index in [-0.39, 0.29) is 5.91 Å². The molecule has 26 heavy (non-hydrogen) atoms. The first-order valence-corrected chi connectivity index (χ1v) is 11.1. The van der Waals surface area contributed by atoms with E-state index in [4.69, 9.17) is 4.74 Å². The molecule has 1 heterocycles. The highest BCUT2D eigenvalue weighted by atomic mass is 32.2. The van der Waals surface area contributed by atoms with Crippen LogP contribution in [0.25, 0.3) is 0 Å². The SMILES string of the molecule is Cc1cccc(OCCCNC(=O)c2ccc(C3SCCCS3)cc2)c1. The van der Waals surface area contributed by atoms with Gasteiger partial charge in [0.25, 0.3) is 5.91 Å². The fraction of sp³-hybridized carbons (Fsp3) is 0.381. The number of thioether (sulfide) groups is 2. The highest BCUT2D eigenvalue weighted by molar-refractivity contribution is 8.16. The van der Waals surface area contributed by atoms with E-state index >= 15 is 0 Å². The summed E-state index contributed by atoms with van der Waals surface area (Å²) in [6.45, 7) is 3.25. The van der Waals surface area contributed by atoms with Crippen LogP contribution >= 0.6 is 23.5 Å². The Balaban J connectivity index is 1.39. The minimum absolute atomic E-state index is 0.0175. The summed E-state index contributed by atoms with van der Waals surface area (Å²) in [5, 5.41) is 2.97. The number of hydrogen-bond acceptors (Lipinski definition) is 4. The van der Waals surface area contributed by atoms with E-state index in [1.807, 2.05) is 66.8 Å². The maximum Gasteiger partial charge on any atom is 0.251 e. The minimum atomic E-state index is -0.0175. The third kappa shape index (κ3) is 5.71. The first-order chi connectivity index (χ1) is 12.7. The monoisotopic (exact) mass is 387 g/mol. The average Bonchev–Trinajstić information content (AvgIpc) is 2.68. The van der Waals surface area contributed by atoms with Gasteiger partial charge in [-0.25, -0.2) is 0 Å². The number of carbonyl (C=O) groups excluding carboxylic acids is 1. The molecule has 1 aliphatic rings. The number of benzene rings is 2. The highest BCUT2D eigenvalue weighted by Crippen LogP contribution is 2.43. The lowest BCUT2D eigenvalue weighted by molar-refractivity contribution is 0.0951. The van der Waals surface area contributed by atoms with E-state index < -0.39 is 0 Å². The third-order valence-electron chi connectivity index (χ3n) is 4.14. The first-order valence-electron chi connectivity index (χ1n) is 9.03. The minimum Gasteiger partial charge on any atom is -0.494 e. The molecule has 0 aromatic heterocycles. The van der Waals surface area contributed by atoms with Crippen LogP contribution in [-0.2, 0) is 0 Å². The Kier molecular flexibility index (Phi) is 7.32. The molecule has 0 atom stereocenters. The summed E-state index contributed by atoms with van der Waals surface area (Å²) in [7, 11) is 0. The number of amides is 1. The fourth-order valence-corrected chi connectivity index (χ4v) is 5.64. The smallest absolute Gasteiger partial charge is 0.251 e. The fourth-order valence-electron chi connectivity index (χ4n) is 2.74. The van der Waals surface area contributed by atoms with Crippen LogP contribution in [0.5, 0.6) is 5.75 Å². The topological polar surface area (TPSA) is 38.3 Å². The molecular weight excluding hydrogens is 362 g/mol. The van der Waals surface area contributed by atoms with Crippen LogP contribution in [0.3, 0.4) is 0 Å². The Hall–Kier alpha value is -1.59. The molecule has 5 heteroatoms. The van der Waals surface area contributed by atoms with Gasteiger partial charge in [-0.1, -0.05) is 24.3 Å². The van der Waals surface area contributed by atoms with Gasteiger partial charge >= 0.3 is 0 Å². The summed E-state index contributed by atoms with van der Waals surface area (Å²) in [5.41, 5.74) is 3.21. The first kappa shape index (κ1) is 19.2. The molecule has 2 aromatic rings. The Labute approximate surface area is 164 Å². The lowest BCUT2D eigenvalue weighted by atomic mass is 10.1. The standard InChI is InChI=1S/C21H25NO2S2/c1-16-5-2-6-19(15-16)24-12-3-11-22-20(23)17-7-9-18(10-8-17)21-25-13-4-14-26-21/h2,5-10,15,21H,3-4,11-14H2,1H3,(H,22,23). The largest absolute Gasteiger partial charge is 0.494 e. The second-order valence-corrected chi connectivity index (χ2v) is 9.05. The molecule has 0 saturated carbocycles. The number of ether oxygens (including phenoxy) is 1. The van der Waals surface area contributed by atoms with Crippen LogP contribution in [0, 0.1) is 6.92 Å². The maximum atomic E-state index is 12.2. The van der Waals surface area contributed by atoms with E-state index in [1.54, 1.807) is 0 Å². The van der Waals surface area contributed by atoms with Crippen molar-refractivity contribution in [2.75, 3.05) is 24.7 Å². The normalized spacial score (nSPS) is 14.8. The summed E-state index contributed by atoms with van der Waals surface area (Å²) >= 11 is 3.99. The molecule has 3 nitrogen and oxygen atoms in total. The molecule has 0 unspecified atom stereocenters. The second-order valence-electron chi connectivity index (χ2n) is 6.32. The molecular formula is C21H25NO2S2. The van der Waals surface area contributed by atoms with Gasteiger partial charge in [-0.15, -0.1) is 23.5 Å². The van der Waals surface area contributed by atoms with Gasteiger partial charge in [0.15, 0.2) is 0 Å². The van der Waals surface area contributed by atoms with Crippen LogP contribution in [0.15, 0.2) is 48.5 Å². The summed E-state index contributed by atoms with van der Waals surface area (Å²) in [6, 6.07) is 16.0. The summed E-state index contributed by atoms with van der Waals surface area (Å²) in [6.07, 6.45) is 2.08. The molecule has 1 fully saturated rings. The highest BCUT2D eigenvalue weighted by Gasteiger charge is 2.16. The Morgan fingerprint density at radius 2 is 1.92 bits per heavy atom. The summed E-state index contributed by atoms with van der Waals surface area (Å²) in [4.78, 5) is 12.2. The van der Waals surface area contributed by atoms with Crippen molar-refractivity contribution in [2.24, 2.45) is 0 Å². The van der Waals surface area contributed by atoms with Crippen molar-refractivity contribution in [3.8, 4) is 5.75 Å². The van der Waals surface area contributed by atoms with Crippen LogP contribution in [0.1, 0.15) is 38.9 Å². The Morgan fingerprint density at radius 3 is 2.65 bits per heavy atom. The Morgan fingerprint density at radius 1 is 1.15 bits per heavy atom. The van der Waals surface area contributed by atoms with Crippen LogP contribution in [0.4, 0.5) is 0 Å². The van der Waals surface area contributed by atoms with Crippen molar-refractivity contribution in [1.82, 2.24) is 5.32 Å². The van der Waals surface area contributed by atoms with Gasteiger partial charge in [0.05, 0.1) is 11.2 Å². The molecule has 138 valence electrons. The van der Waals surface area contributed by atoms with Gasteiger partial charge in [-0.3, -0.25) is 4.79 Å². The zero-order valence-corrected chi connectivity index (χ0v) is 16.7. The van der Waals surface area contributed by atoms with Gasteiger partial charge in [0.2, 0.25) is 0 Å². The van der Waals surface area contributed by atoms with Crippen LogP contribution in [0.2, 0.25) is 0 Å². The maximum absolute atomic E-state index is 12.2. The average molecular weight is 388 g/mol. The Bertz CT molecular complexity index is 712. The van der Waals surface area contributed by atoms with E-state index in [9.17, 15) is 4.79 Å². The summed E-state index contributed by atoms with van der Waals surface area (Å²) < 4.78 is 6.21. The van der Waals surface area contributed by atoms with E-state index in [1.165, 1.54) is 29.1 Å². The zero-order valence-electron chi connectivity index (χ0n) is 15.1. The molecule has 1 amide bonds. The van der Waals surface area contributed by atoms with Crippen LogP contribution < -0.4 is 10.1 Å². The van der Waals surface area contributed by atoms with Crippen molar-refractivity contribution >= 4 is 29.4 Å². The number of nitrogens with one attached hydrogen (secondary N) is 1. The van der Waals surface area contributed by atoms with E-state index in [2.05, 4.69) is 17.4 Å². The molecule has 0 spiro atoms. The predicted octanol–water partition coefficient (Wildman–Crippen LogP) is 5.06. The van der Waals surface area contributed by atoms with Crippen molar-refractivity contribution in [3.63, 3.8) is 0 Å². The van der Waals surface area contributed by atoms with Crippen molar-refractivity contribution < 1.29 is 9.53 Å². The third-order valence-corrected chi connectivity index (χ3v) is 7.15. The van der Waals surface area contributed by atoms with Gasteiger partial charge in [-0.2, -0.15) is 0 Å². The lowest BCUT2D eigenvalue weighted by Crippen LogP contribution is -2.25. The molecule has 0 bridgehead atoms. The lowest BCUT2D eigenvalue weighted by Gasteiger charge is -2.21. The molecule has 0 aliphatic carbocycles. The molecule has 0 radical (unpaired) electrons. The quantitative estimate of drug-likeness (QED) is 0.674. The molecule has 1 aliphatic heterocycles. The van der Waals surface area contributed by atoms with Gasteiger partial charge < -0.3 is 10.1 Å². The molecule has 1 saturated heterocycles.